The second kappa shape index (κ2) is 7.28. The number of carbonyl (C=O) groups excluding carboxylic acids is 4. The van der Waals surface area contributed by atoms with Crippen molar-refractivity contribution in [3.8, 4) is 0 Å². The molecule has 2 unspecified atom stereocenters. The minimum absolute atomic E-state index is 0.0541. The van der Waals surface area contributed by atoms with Gasteiger partial charge in [0.25, 0.3) is 11.8 Å². The topological polar surface area (TPSA) is 104 Å². The summed E-state index contributed by atoms with van der Waals surface area (Å²) in [6.07, 6.45) is 2.97. The van der Waals surface area contributed by atoms with Crippen molar-refractivity contribution in [2.45, 2.75) is 33.1 Å². The van der Waals surface area contributed by atoms with E-state index in [-0.39, 0.29) is 25.5 Å². The lowest BCUT2D eigenvalue weighted by molar-refractivity contribution is -0.143. The van der Waals surface area contributed by atoms with Crippen molar-refractivity contribution in [3.05, 3.63) is 24.3 Å². The number of hydrogen-bond acceptors (Lipinski definition) is 6. The second-order valence-electron chi connectivity index (χ2n) is 6.99. The fraction of sp³-hybridized carbons (Fsp3) is 0.529. The molecule has 0 radical (unpaired) electrons. The molecule has 0 saturated heterocycles. The van der Waals surface area contributed by atoms with Crippen molar-refractivity contribution in [3.63, 3.8) is 0 Å². The Morgan fingerprint density at radius 3 is 2.20 bits per heavy atom. The molecule has 0 aliphatic carbocycles. The third-order valence-corrected chi connectivity index (χ3v) is 3.99. The van der Waals surface area contributed by atoms with Gasteiger partial charge in [-0.05, 0) is 6.08 Å². The van der Waals surface area contributed by atoms with Crippen molar-refractivity contribution in [1.82, 2.24) is 9.80 Å². The molecule has 0 saturated carbocycles. The van der Waals surface area contributed by atoms with Crippen LogP contribution in [0.4, 0.5) is 0 Å². The number of amides is 3. The molecule has 2 atom stereocenters. The largest absolute Gasteiger partial charge is 0.370 e. The Balaban J connectivity index is 2.05. The monoisotopic (exact) mass is 350 g/mol. The smallest absolute Gasteiger partial charge is 0.253 e. The number of imide groups is 1. The van der Waals surface area contributed by atoms with Gasteiger partial charge in [-0.15, -0.1) is 0 Å². The third kappa shape index (κ3) is 4.61. The molecule has 25 heavy (non-hydrogen) atoms. The summed E-state index contributed by atoms with van der Waals surface area (Å²) in [5.41, 5.74) is -0.601. The van der Waals surface area contributed by atoms with Crippen LogP contribution in [-0.2, 0) is 23.9 Å². The molecule has 2 rings (SSSR count). The number of aliphatic hydroxyl groups excluding tert-OH is 1. The fourth-order valence-electron chi connectivity index (χ4n) is 2.30. The third-order valence-electron chi connectivity index (χ3n) is 3.99. The Morgan fingerprint density at radius 1 is 1.12 bits per heavy atom. The van der Waals surface area contributed by atoms with Crippen LogP contribution in [0, 0.1) is 5.41 Å². The van der Waals surface area contributed by atoms with Gasteiger partial charge in [0.05, 0.1) is 19.2 Å². The molecular formula is C17H22N2O6. The minimum atomic E-state index is -1.10. The van der Waals surface area contributed by atoms with E-state index in [0.717, 1.165) is 22.0 Å². The van der Waals surface area contributed by atoms with Gasteiger partial charge in [-0.2, -0.15) is 0 Å². The van der Waals surface area contributed by atoms with Gasteiger partial charge in [-0.1, -0.05) is 20.8 Å². The van der Waals surface area contributed by atoms with E-state index in [1.54, 1.807) is 20.8 Å². The van der Waals surface area contributed by atoms with Crippen LogP contribution in [0.25, 0.3) is 0 Å². The van der Waals surface area contributed by atoms with E-state index >= 15 is 0 Å². The lowest BCUT2D eigenvalue weighted by Crippen LogP contribution is -2.47. The van der Waals surface area contributed by atoms with Gasteiger partial charge in [-0.3, -0.25) is 24.1 Å². The predicted molar refractivity (Wildman–Crippen MR) is 86.9 cm³/mol. The number of rotatable bonds is 7. The number of ketones is 1. The highest BCUT2D eigenvalue weighted by Crippen LogP contribution is 2.17. The van der Waals surface area contributed by atoms with E-state index in [2.05, 4.69) is 0 Å². The predicted octanol–water partition coefficient (Wildman–Crippen LogP) is -0.371. The van der Waals surface area contributed by atoms with Gasteiger partial charge in [0, 0.05) is 23.6 Å². The summed E-state index contributed by atoms with van der Waals surface area (Å²) in [5, 5.41) is 9.82. The maximum absolute atomic E-state index is 12.1. The van der Waals surface area contributed by atoms with Gasteiger partial charge < -0.3 is 14.7 Å². The summed E-state index contributed by atoms with van der Waals surface area (Å²) < 4.78 is 5.59. The zero-order valence-corrected chi connectivity index (χ0v) is 14.5. The number of hydrogen-bond donors (Lipinski definition) is 1. The van der Waals surface area contributed by atoms with Crippen molar-refractivity contribution in [2.24, 2.45) is 5.41 Å². The molecule has 2 aliphatic heterocycles. The summed E-state index contributed by atoms with van der Waals surface area (Å²) in [7, 11) is 0. The van der Waals surface area contributed by atoms with E-state index in [1.807, 2.05) is 0 Å². The van der Waals surface area contributed by atoms with E-state index in [1.165, 1.54) is 12.2 Å². The SMILES string of the molecule is CC(C)(C)C(=O)COC(CN1C(=O)C=CC1=O)CN1C(=O)C=CC1O. The summed E-state index contributed by atoms with van der Waals surface area (Å²) >= 11 is 0. The summed E-state index contributed by atoms with van der Waals surface area (Å²) in [5.74, 6) is -1.51. The van der Waals surface area contributed by atoms with Crippen LogP contribution in [0.3, 0.4) is 0 Å². The molecule has 3 amide bonds. The van der Waals surface area contributed by atoms with E-state index < -0.39 is 35.5 Å². The van der Waals surface area contributed by atoms with Crippen LogP contribution in [-0.4, -0.2) is 70.4 Å². The molecule has 0 bridgehead atoms. The minimum Gasteiger partial charge on any atom is -0.370 e. The van der Waals surface area contributed by atoms with Crippen molar-refractivity contribution in [1.29, 1.82) is 0 Å². The summed E-state index contributed by atoms with van der Waals surface area (Å²) in [6, 6.07) is 0. The number of aliphatic hydroxyl groups is 1. The van der Waals surface area contributed by atoms with E-state index in [9.17, 15) is 24.3 Å². The molecule has 8 heteroatoms. The molecular weight excluding hydrogens is 328 g/mol. The first-order chi connectivity index (χ1) is 11.6. The summed E-state index contributed by atoms with van der Waals surface area (Å²) in [4.78, 5) is 49.5. The van der Waals surface area contributed by atoms with Crippen LogP contribution in [0.2, 0.25) is 0 Å². The average Bonchev–Trinajstić information content (AvgIpc) is 3.00. The standard InChI is InChI=1S/C17H22N2O6/c1-17(2,3)12(20)10-25-11(8-18-13(21)4-5-14(18)22)9-19-15(23)6-7-16(19)24/h4-7,11,13,21H,8-10H2,1-3H3. The highest BCUT2D eigenvalue weighted by molar-refractivity contribution is 6.12. The molecule has 0 aromatic carbocycles. The van der Waals surface area contributed by atoms with Gasteiger partial charge in [-0.25, -0.2) is 0 Å². The second-order valence-corrected chi connectivity index (χ2v) is 6.99. The maximum Gasteiger partial charge on any atom is 0.253 e. The molecule has 136 valence electrons. The van der Waals surface area contributed by atoms with Crippen LogP contribution in [0.1, 0.15) is 20.8 Å². The molecule has 0 fully saturated rings. The van der Waals surface area contributed by atoms with Crippen molar-refractivity contribution < 1.29 is 29.0 Å². The van der Waals surface area contributed by atoms with E-state index in [0.29, 0.717) is 0 Å². The Morgan fingerprint density at radius 2 is 1.72 bits per heavy atom. The first-order valence-corrected chi connectivity index (χ1v) is 7.95. The lowest BCUT2D eigenvalue weighted by Gasteiger charge is -2.29. The summed E-state index contributed by atoms with van der Waals surface area (Å²) in [6.45, 7) is 4.87. The number of carbonyl (C=O) groups is 4. The normalized spacial score (nSPS) is 21.6. The molecule has 0 spiro atoms. The van der Waals surface area contributed by atoms with Crippen LogP contribution in [0.15, 0.2) is 24.3 Å². The van der Waals surface area contributed by atoms with Crippen LogP contribution >= 0.6 is 0 Å². The number of ether oxygens (including phenoxy) is 1. The maximum atomic E-state index is 12.1. The molecule has 2 aliphatic rings. The quantitative estimate of drug-likeness (QED) is 0.628. The first kappa shape index (κ1) is 19.0. The highest BCUT2D eigenvalue weighted by atomic mass is 16.5. The Kier molecular flexibility index (Phi) is 5.54. The Labute approximate surface area is 145 Å². The molecule has 2 heterocycles. The lowest BCUT2D eigenvalue weighted by atomic mass is 9.91. The van der Waals surface area contributed by atoms with Gasteiger partial charge in [0.2, 0.25) is 5.91 Å². The number of Topliss-reactive ketones (excluding diaryl/α,β-unsaturated/α-hetero) is 1. The Bertz CT molecular complexity index is 628. The molecule has 0 aromatic heterocycles. The average molecular weight is 350 g/mol. The van der Waals surface area contributed by atoms with Gasteiger partial charge in [0.1, 0.15) is 12.8 Å². The first-order valence-electron chi connectivity index (χ1n) is 7.95. The van der Waals surface area contributed by atoms with E-state index in [4.69, 9.17) is 4.74 Å². The zero-order valence-electron chi connectivity index (χ0n) is 14.5. The highest BCUT2D eigenvalue weighted by Gasteiger charge is 2.32. The van der Waals surface area contributed by atoms with Crippen LogP contribution in [0.5, 0.6) is 0 Å². The fourth-order valence-corrected chi connectivity index (χ4v) is 2.30. The molecule has 1 N–H and O–H groups in total. The van der Waals surface area contributed by atoms with Gasteiger partial charge in [0.15, 0.2) is 5.78 Å². The number of nitrogens with zero attached hydrogens (tertiary/aromatic N) is 2. The van der Waals surface area contributed by atoms with Gasteiger partial charge >= 0.3 is 0 Å². The van der Waals surface area contributed by atoms with Crippen molar-refractivity contribution >= 4 is 23.5 Å². The molecule has 8 nitrogen and oxygen atoms in total. The zero-order chi connectivity index (χ0) is 18.8. The van der Waals surface area contributed by atoms with Crippen LogP contribution < -0.4 is 0 Å². The Hall–Kier alpha value is -2.32. The molecule has 0 aromatic rings. The van der Waals surface area contributed by atoms with Crippen molar-refractivity contribution in [2.75, 3.05) is 19.7 Å².